The van der Waals surface area contributed by atoms with Gasteiger partial charge in [-0.1, -0.05) is 24.3 Å². The van der Waals surface area contributed by atoms with Gasteiger partial charge in [0.05, 0.1) is 18.2 Å². The number of likely N-dealkylation sites (tertiary alicyclic amines) is 1. The average molecular weight is 393 g/mol. The van der Waals surface area contributed by atoms with Crippen LogP contribution in [-0.2, 0) is 22.6 Å². The molecule has 152 valence electrons. The summed E-state index contributed by atoms with van der Waals surface area (Å²) < 4.78 is 0. The van der Waals surface area contributed by atoms with Crippen LogP contribution in [0.5, 0.6) is 0 Å². The van der Waals surface area contributed by atoms with E-state index in [-0.39, 0.29) is 17.7 Å². The molecule has 2 aromatic rings. The molecule has 1 aromatic heterocycles. The van der Waals surface area contributed by atoms with Gasteiger partial charge in [-0.3, -0.25) is 14.6 Å². The van der Waals surface area contributed by atoms with E-state index in [4.69, 9.17) is 0 Å². The number of carbonyl (C=O) groups excluding carboxylic acids is 2. The Bertz CT molecular complexity index is 855. The summed E-state index contributed by atoms with van der Waals surface area (Å²) in [4.78, 5) is 33.4. The molecule has 0 radical (unpaired) electrons. The van der Waals surface area contributed by atoms with Crippen LogP contribution in [0.2, 0.25) is 0 Å². The largest absolute Gasteiger partial charge is 0.370 e. The number of amides is 2. The third-order valence-electron chi connectivity index (χ3n) is 5.84. The maximum atomic E-state index is 12.7. The van der Waals surface area contributed by atoms with E-state index in [9.17, 15) is 9.59 Å². The predicted octanol–water partition coefficient (Wildman–Crippen LogP) is 2.39. The quantitative estimate of drug-likeness (QED) is 0.820. The number of fused-ring (bicyclic) bond motifs is 1. The van der Waals surface area contributed by atoms with Gasteiger partial charge in [-0.25, -0.2) is 0 Å². The summed E-state index contributed by atoms with van der Waals surface area (Å²) in [5, 5.41) is 3.10. The van der Waals surface area contributed by atoms with Crippen LogP contribution in [0.3, 0.4) is 0 Å². The van der Waals surface area contributed by atoms with Gasteiger partial charge in [-0.2, -0.15) is 0 Å². The summed E-state index contributed by atoms with van der Waals surface area (Å²) in [6.45, 7) is 3.40. The van der Waals surface area contributed by atoms with Crippen molar-refractivity contribution in [2.24, 2.45) is 5.92 Å². The molecule has 0 aliphatic carbocycles. The Morgan fingerprint density at radius 2 is 1.97 bits per heavy atom. The Morgan fingerprint density at radius 1 is 1.10 bits per heavy atom. The number of rotatable bonds is 6. The molecule has 2 aliphatic heterocycles. The first-order chi connectivity index (χ1) is 14.2. The van der Waals surface area contributed by atoms with E-state index >= 15 is 0 Å². The number of para-hydroxylation sites is 1. The lowest BCUT2D eigenvalue weighted by Crippen LogP contribution is -2.46. The van der Waals surface area contributed by atoms with Gasteiger partial charge in [-0.15, -0.1) is 0 Å². The van der Waals surface area contributed by atoms with E-state index in [1.165, 1.54) is 11.3 Å². The number of piperidine rings is 1. The van der Waals surface area contributed by atoms with E-state index in [0.717, 1.165) is 31.6 Å². The molecule has 29 heavy (non-hydrogen) atoms. The molecule has 0 spiro atoms. The van der Waals surface area contributed by atoms with Crippen LogP contribution in [0, 0.1) is 5.92 Å². The van der Waals surface area contributed by atoms with Crippen molar-refractivity contribution < 1.29 is 9.59 Å². The molecule has 0 bridgehead atoms. The fourth-order valence-corrected chi connectivity index (χ4v) is 4.27. The average Bonchev–Trinajstić information content (AvgIpc) is 2.76. The standard InChI is InChI=1S/C23H28N4O2/c28-22-11-10-19(16-27(22)17-20-8-3-4-12-24-20)23(29)25-13-15-26-14-5-7-18-6-1-2-9-21(18)26/h1-4,6,8-9,12,19H,5,7,10-11,13-17H2,(H,25,29). The van der Waals surface area contributed by atoms with Crippen LogP contribution in [0.25, 0.3) is 0 Å². The molecule has 4 rings (SSSR count). The zero-order valence-corrected chi connectivity index (χ0v) is 16.7. The maximum absolute atomic E-state index is 12.7. The van der Waals surface area contributed by atoms with Crippen LogP contribution in [0.1, 0.15) is 30.5 Å². The number of aromatic nitrogens is 1. The normalized spacial score (nSPS) is 19.0. The Labute approximate surface area is 171 Å². The number of benzene rings is 1. The first-order valence-corrected chi connectivity index (χ1v) is 10.5. The predicted molar refractivity (Wildman–Crippen MR) is 112 cm³/mol. The van der Waals surface area contributed by atoms with E-state index in [2.05, 4.69) is 39.5 Å². The Kier molecular flexibility index (Phi) is 6.08. The topological polar surface area (TPSA) is 65.5 Å². The van der Waals surface area contributed by atoms with Crippen molar-refractivity contribution in [3.8, 4) is 0 Å². The molecule has 2 aliphatic rings. The van der Waals surface area contributed by atoms with Crippen molar-refractivity contribution in [3.05, 3.63) is 59.9 Å². The van der Waals surface area contributed by atoms with Gasteiger partial charge in [0.25, 0.3) is 0 Å². The lowest BCUT2D eigenvalue weighted by atomic mass is 9.96. The third-order valence-corrected chi connectivity index (χ3v) is 5.84. The van der Waals surface area contributed by atoms with E-state index in [1.807, 2.05) is 18.2 Å². The number of hydrogen-bond acceptors (Lipinski definition) is 4. The van der Waals surface area contributed by atoms with Crippen LogP contribution in [0.4, 0.5) is 5.69 Å². The zero-order valence-electron chi connectivity index (χ0n) is 16.7. The lowest BCUT2D eigenvalue weighted by Gasteiger charge is -2.33. The Hall–Kier alpha value is -2.89. The van der Waals surface area contributed by atoms with Gasteiger partial charge < -0.3 is 15.1 Å². The molecule has 0 saturated carbocycles. The molecule has 1 atom stereocenters. The summed E-state index contributed by atoms with van der Waals surface area (Å²) in [6, 6.07) is 14.2. The number of pyridine rings is 1. The first-order valence-electron chi connectivity index (χ1n) is 10.5. The van der Waals surface area contributed by atoms with E-state index in [0.29, 0.717) is 32.5 Å². The molecule has 1 unspecified atom stereocenters. The molecule has 1 saturated heterocycles. The highest BCUT2D eigenvalue weighted by Crippen LogP contribution is 2.26. The second-order valence-corrected chi connectivity index (χ2v) is 7.84. The molecule has 1 N–H and O–H groups in total. The third kappa shape index (κ3) is 4.75. The van der Waals surface area contributed by atoms with Crippen LogP contribution in [-0.4, -0.2) is 47.9 Å². The van der Waals surface area contributed by atoms with Gasteiger partial charge in [0, 0.05) is 44.5 Å². The molecular formula is C23H28N4O2. The highest BCUT2D eigenvalue weighted by molar-refractivity contribution is 5.83. The highest BCUT2D eigenvalue weighted by atomic mass is 16.2. The van der Waals surface area contributed by atoms with Crippen LogP contribution in [0.15, 0.2) is 48.7 Å². The smallest absolute Gasteiger partial charge is 0.224 e. The molecule has 3 heterocycles. The number of nitrogens with zero attached hydrogens (tertiary/aromatic N) is 3. The van der Waals surface area contributed by atoms with Crippen molar-refractivity contribution >= 4 is 17.5 Å². The van der Waals surface area contributed by atoms with Crippen molar-refractivity contribution in [1.29, 1.82) is 0 Å². The fourth-order valence-electron chi connectivity index (χ4n) is 4.27. The summed E-state index contributed by atoms with van der Waals surface area (Å²) in [7, 11) is 0. The second kappa shape index (κ2) is 9.07. The first kappa shape index (κ1) is 19.4. The molecule has 1 aromatic carbocycles. The summed E-state index contributed by atoms with van der Waals surface area (Å²) in [6.07, 6.45) is 5.05. The van der Waals surface area contributed by atoms with Gasteiger partial charge in [0.15, 0.2) is 0 Å². The van der Waals surface area contributed by atoms with Crippen molar-refractivity contribution in [3.63, 3.8) is 0 Å². The minimum Gasteiger partial charge on any atom is -0.370 e. The monoisotopic (exact) mass is 392 g/mol. The minimum atomic E-state index is -0.148. The van der Waals surface area contributed by atoms with Gasteiger partial charge >= 0.3 is 0 Å². The Balaban J connectivity index is 1.28. The van der Waals surface area contributed by atoms with E-state index in [1.54, 1.807) is 11.1 Å². The van der Waals surface area contributed by atoms with Crippen molar-refractivity contribution in [2.45, 2.75) is 32.2 Å². The SMILES string of the molecule is O=C(NCCN1CCCc2ccccc21)C1CCC(=O)N(Cc2ccccn2)C1. The second-order valence-electron chi connectivity index (χ2n) is 7.84. The number of nitrogens with one attached hydrogen (secondary N) is 1. The van der Waals surface area contributed by atoms with E-state index < -0.39 is 0 Å². The van der Waals surface area contributed by atoms with Gasteiger partial charge in [0.2, 0.25) is 11.8 Å². The van der Waals surface area contributed by atoms with Crippen molar-refractivity contribution in [2.75, 3.05) is 31.1 Å². The number of hydrogen-bond donors (Lipinski definition) is 1. The van der Waals surface area contributed by atoms with Gasteiger partial charge in [0.1, 0.15) is 0 Å². The summed E-state index contributed by atoms with van der Waals surface area (Å²) >= 11 is 0. The van der Waals surface area contributed by atoms with Crippen molar-refractivity contribution in [1.82, 2.24) is 15.2 Å². The molecule has 2 amide bonds. The molecule has 6 nitrogen and oxygen atoms in total. The lowest BCUT2D eigenvalue weighted by molar-refractivity contribution is -0.138. The van der Waals surface area contributed by atoms with Gasteiger partial charge in [-0.05, 0) is 43.0 Å². The molecular weight excluding hydrogens is 364 g/mol. The number of aryl methyl sites for hydroxylation is 1. The molecule has 6 heteroatoms. The maximum Gasteiger partial charge on any atom is 0.224 e. The van der Waals surface area contributed by atoms with Crippen LogP contribution >= 0.6 is 0 Å². The number of anilines is 1. The minimum absolute atomic E-state index is 0.0498. The molecule has 1 fully saturated rings. The Morgan fingerprint density at radius 3 is 2.83 bits per heavy atom. The summed E-state index contributed by atoms with van der Waals surface area (Å²) in [5.74, 6) is 0.00324. The van der Waals surface area contributed by atoms with Crippen LogP contribution < -0.4 is 10.2 Å². The highest BCUT2D eigenvalue weighted by Gasteiger charge is 2.30. The fraction of sp³-hybridized carbons (Fsp3) is 0.435. The number of carbonyl (C=O) groups is 2. The summed E-state index contributed by atoms with van der Waals surface area (Å²) in [5.41, 5.74) is 3.53. The zero-order chi connectivity index (χ0) is 20.1.